The summed E-state index contributed by atoms with van der Waals surface area (Å²) in [6.07, 6.45) is 0. The fraction of sp³-hybridized carbons (Fsp3) is 0.167. The number of hydrogen-bond donors (Lipinski definition) is 0. The van der Waals surface area contributed by atoms with E-state index in [1.54, 1.807) is 28.8 Å². The van der Waals surface area contributed by atoms with E-state index in [0.29, 0.717) is 21.6 Å². The normalized spacial score (nSPS) is 12.1. The number of para-hydroxylation sites is 1. The van der Waals surface area contributed by atoms with Crippen molar-refractivity contribution in [2.24, 2.45) is 0 Å². The molecule has 9 heteroatoms. The van der Waals surface area contributed by atoms with Crippen LogP contribution in [-0.2, 0) is 9.84 Å². The molecule has 2 heterocycles. The summed E-state index contributed by atoms with van der Waals surface area (Å²) < 4.78 is 27.6. The van der Waals surface area contributed by atoms with E-state index in [0.717, 1.165) is 21.0 Å². The molecule has 0 spiro atoms. The van der Waals surface area contributed by atoms with Crippen LogP contribution in [0.4, 0.5) is 0 Å². The van der Waals surface area contributed by atoms with Crippen molar-refractivity contribution < 1.29 is 8.42 Å². The van der Waals surface area contributed by atoms with Gasteiger partial charge >= 0.3 is 0 Å². The van der Waals surface area contributed by atoms with Gasteiger partial charge in [0.25, 0.3) is 0 Å². The second-order valence-electron chi connectivity index (χ2n) is 5.93. The van der Waals surface area contributed by atoms with Crippen LogP contribution in [0.5, 0.6) is 0 Å². The average Bonchev–Trinajstić information content (AvgIpc) is 3.04. The molecule has 138 valence electrons. The summed E-state index contributed by atoms with van der Waals surface area (Å²) in [5.74, 6) is 1.04. The molecule has 0 unspecified atom stereocenters. The third-order valence-electron chi connectivity index (χ3n) is 4.01. The van der Waals surface area contributed by atoms with E-state index in [1.165, 1.54) is 11.8 Å². The number of fused-ring (bicyclic) bond motifs is 3. The summed E-state index contributed by atoms with van der Waals surface area (Å²) in [4.78, 5) is 9.45. The first-order valence-corrected chi connectivity index (χ1v) is 11.6. The molecule has 0 aliphatic heterocycles. The number of sulfone groups is 1. The minimum Gasteiger partial charge on any atom is -0.224 e. The fourth-order valence-electron chi connectivity index (χ4n) is 2.73. The summed E-state index contributed by atoms with van der Waals surface area (Å²) in [6.45, 7) is 1.83. The van der Waals surface area contributed by atoms with Gasteiger partial charge in [-0.25, -0.2) is 18.4 Å². The maximum absolute atomic E-state index is 12.5. The standard InChI is InChI=1S/C18H15BrN4O2S2/c1-12-20-17-15-4-2-3-5-16(15)21-18(23(17)22-12)26-10-11-27(24,25)14-8-6-13(19)7-9-14/h2-9H,10-11H2,1H3. The maximum atomic E-state index is 12.5. The molecule has 0 N–H and O–H groups in total. The molecule has 4 rings (SSSR count). The van der Waals surface area contributed by atoms with Crippen LogP contribution in [0, 0.1) is 6.92 Å². The molecule has 0 aliphatic rings. The Bertz CT molecular complexity index is 1240. The van der Waals surface area contributed by atoms with Crippen molar-refractivity contribution in [1.82, 2.24) is 19.6 Å². The van der Waals surface area contributed by atoms with Crippen LogP contribution < -0.4 is 0 Å². The number of rotatable bonds is 5. The topological polar surface area (TPSA) is 77.2 Å². The minimum absolute atomic E-state index is 0.0168. The Morgan fingerprint density at radius 2 is 1.81 bits per heavy atom. The smallest absolute Gasteiger partial charge is 0.191 e. The zero-order valence-corrected chi connectivity index (χ0v) is 17.6. The molecule has 0 bridgehead atoms. The molecule has 27 heavy (non-hydrogen) atoms. The molecule has 0 aliphatic carbocycles. The number of thioether (sulfide) groups is 1. The highest BCUT2D eigenvalue weighted by Crippen LogP contribution is 2.25. The van der Waals surface area contributed by atoms with E-state index in [9.17, 15) is 8.42 Å². The monoisotopic (exact) mass is 462 g/mol. The van der Waals surface area contributed by atoms with Crippen LogP contribution >= 0.6 is 27.7 Å². The lowest BCUT2D eigenvalue weighted by Crippen LogP contribution is -2.09. The molecule has 2 aromatic heterocycles. The van der Waals surface area contributed by atoms with Gasteiger partial charge in [-0.3, -0.25) is 0 Å². The molecule has 0 radical (unpaired) electrons. The number of halogens is 1. The zero-order valence-electron chi connectivity index (χ0n) is 14.3. The van der Waals surface area contributed by atoms with Crippen molar-refractivity contribution in [3.05, 3.63) is 58.8 Å². The Kier molecular flexibility index (Phi) is 4.92. The molecule has 6 nitrogen and oxygen atoms in total. The lowest BCUT2D eigenvalue weighted by molar-refractivity contribution is 0.597. The number of nitrogens with zero attached hydrogens (tertiary/aromatic N) is 4. The Morgan fingerprint density at radius 1 is 1.07 bits per heavy atom. The van der Waals surface area contributed by atoms with Gasteiger partial charge in [0.15, 0.2) is 20.6 Å². The molecular weight excluding hydrogens is 448 g/mol. The zero-order chi connectivity index (χ0) is 19.0. The lowest BCUT2D eigenvalue weighted by Gasteiger charge is -2.07. The SMILES string of the molecule is Cc1nc2c3ccccc3nc(SCCS(=O)(=O)c3ccc(Br)cc3)n2n1. The fourth-order valence-corrected chi connectivity index (χ4v) is 5.59. The first-order valence-electron chi connectivity index (χ1n) is 8.17. The van der Waals surface area contributed by atoms with E-state index in [4.69, 9.17) is 0 Å². The Morgan fingerprint density at radius 3 is 2.59 bits per heavy atom. The second-order valence-corrected chi connectivity index (χ2v) is 10.0. The quantitative estimate of drug-likeness (QED) is 0.330. The molecule has 0 saturated carbocycles. The van der Waals surface area contributed by atoms with Gasteiger partial charge in [-0.1, -0.05) is 39.8 Å². The summed E-state index contributed by atoms with van der Waals surface area (Å²) >= 11 is 4.68. The van der Waals surface area contributed by atoms with Crippen LogP contribution in [-0.4, -0.2) is 39.5 Å². The van der Waals surface area contributed by atoms with Crippen LogP contribution in [0.25, 0.3) is 16.6 Å². The predicted octanol–water partition coefficient (Wildman–Crippen LogP) is 3.91. The largest absolute Gasteiger partial charge is 0.224 e. The van der Waals surface area contributed by atoms with Gasteiger partial charge < -0.3 is 0 Å². The van der Waals surface area contributed by atoms with Gasteiger partial charge in [-0.15, -0.1) is 5.10 Å². The molecular formula is C18H15BrN4O2S2. The summed E-state index contributed by atoms with van der Waals surface area (Å²) in [5.41, 5.74) is 1.55. The number of benzene rings is 2. The number of aryl methyl sites for hydroxylation is 1. The van der Waals surface area contributed by atoms with Crippen LogP contribution in [0.15, 0.2) is 63.1 Å². The molecule has 0 fully saturated rings. The molecule has 4 aromatic rings. The molecule has 0 saturated heterocycles. The molecule has 2 aromatic carbocycles. The Hall–Kier alpha value is -1.97. The highest BCUT2D eigenvalue weighted by molar-refractivity contribution is 9.10. The Balaban J connectivity index is 1.61. The number of aromatic nitrogens is 4. The van der Waals surface area contributed by atoms with E-state index >= 15 is 0 Å². The summed E-state index contributed by atoms with van der Waals surface area (Å²) in [6, 6.07) is 14.4. The van der Waals surface area contributed by atoms with Crippen molar-refractivity contribution in [2.45, 2.75) is 17.0 Å². The molecule has 0 atom stereocenters. The van der Waals surface area contributed by atoms with Gasteiger partial charge in [0.2, 0.25) is 0 Å². The van der Waals surface area contributed by atoms with Gasteiger partial charge in [-0.05, 0) is 43.3 Å². The van der Waals surface area contributed by atoms with Crippen LogP contribution in [0.2, 0.25) is 0 Å². The summed E-state index contributed by atoms with van der Waals surface area (Å²) in [5, 5.41) is 5.97. The van der Waals surface area contributed by atoms with Crippen molar-refractivity contribution in [3.8, 4) is 0 Å². The van der Waals surface area contributed by atoms with Crippen molar-refractivity contribution in [3.63, 3.8) is 0 Å². The average molecular weight is 463 g/mol. The number of hydrogen-bond acceptors (Lipinski definition) is 6. The van der Waals surface area contributed by atoms with Gasteiger partial charge in [0.1, 0.15) is 5.82 Å². The first-order chi connectivity index (χ1) is 12.9. The maximum Gasteiger partial charge on any atom is 0.191 e. The predicted molar refractivity (Wildman–Crippen MR) is 110 cm³/mol. The van der Waals surface area contributed by atoms with Gasteiger partial charge in [0.05, 0.1) is 16.2 Å². The van der Waals surface area contributed by atoms with Crippen molar-refractivity contribution >= 4 is 54.1 Å². The highest BCUT2D eigenvalue weighted by atomic mass is 79.9. The van der Waals surface area contributed by atoms with E-state index in [2.05, 4.69) is 31.0 Å². The Labute approximate surface area is 169 Å². The van der Waals surface area contributed by atoms with Gasteiger partial charge in [0, 0.05) is 15.6 Å². The third-order valence-corrected chi connectivity index (χ3v) is 7.46. The molecule has 0 amide bonds. The third kappa shape index (κ3) is 3.71. The van der Waals surface area contributed by atoms with E-state index < -0.39 is 9.84 Å². The van der Waals surface area contributed by atoms with E-state index in [1.807, 2.05) is 31.2 Å². The van der Waals surface area contributed by atoms with Crippen molar-refractivity contribution in [2.75, 3.05) is 11.5 Å². The minimum atomic E-state index is -3.35. The van der Waals surface area contributed by atoms with Crippen LogP contribution in [0.1, 0.15) is 5.82 Å². The highest BCUT2D eigenvalue weighted by Gasteiger charge is 2.16. The summed E-state index contributed by atoms with van der Waals surface area (Å²) in [7, 11) is -3.35. The first kappa shape index (κ1) is 18.4. The van der Waals surface area contributed by atoms with Crippen LogP contribution in [0.3, 0.4) is 0 Å². The van der Waals surface area contributed by atoms with E-state index in [-0.39, 0.29) is 5.75 Å². The van der Waals surface area contributed by atoms with Crippen molar-refractivity contribution in [1.29, 1.82) is 0 Å². The van der Waals surface area contributed by atoms with Gasteiger partial charge in [-0.2, -0.15) is 4.52 Å². The lowest BCUT2D eigenvalue weighted by atomic mass is 10.2. The second kappa shape index (κ2) is 7.21.